The van der Waals surface area contributed by atoms with Crippen molar-refractivity contribution in [1.29, 1.82) is 5.26 Å². The van der Waals surface area contributed by atoms with Gasteiger partial charge in [-0.05, 0) is 66.9 Å². The molecule has 0 radical (unpaired) electrons. The summed E-state index contributed by atoms with van der Waals surface area (Å²) < 4.78 is 28.9. The number of nitrogens with two attached hydrogens (primary N) is 1. The van der Waals surface area contributed by atoms with Gasteiger partial charge in [0.05, 0.1) is 25.2 Å². The van der Waals surface area contributed by atoms with Crippen LogP contribution < -0.4 is 29.4 Å². The summed E-state index contributed by atoms with van der Waals surface area (Å²) in [4.78, 5) is 12.9. The zero-order valence-corrected chi connectivity index (χ0v) is 25.7. The Hall–Kier alpha value is -5.42. The molecule has 1 aliphatic rings. The van der Waals surface area contributed by atoms with Crippen molar-refractivity contribution in [2.45, 2.75) is 45.6 Å². The van der Waals surface area contributed by atoms with Crippen LogP contribution in [0.25, 0.3) is 0 Å². The molecule has 4 aromatic carbocycles. The fourth-order valence-corrected chi connectivity index (χ4v) is 5.07. The second kappa shape index (κ2) is 14.4. The normalized spacial score (nSPS) is 13.7. The Bertz CT molecular complexity index is 1720. The summed E-state index contributed by atoms with van der Waals surface area (Å²) in [5.41, 5.74) is 10.5. The number of fused-ring (bicyclic) bond motifs is 1. The Balaban J connectivity index is 1.33. The second-order valence-electron chi connectivity index (χ2n) is 10.8. The molecule has 230 valence electrons. The van der Waals surface area contributed by atoms with Gasteiger partial charge in [-0.3, -0.25) is 0 Å². The van der Waals surface area contributed by atoms with E-state index >= 15 is 0 Å². The minimum absolute atomic E-state index is 0.0216. The van der Waals surface area contributed by atoms with Crippen molar-refractivity contribution in [3.05, 3.63) is 124 Å². The molecule has 2 N–H and O–H groups in total. The van der Waals surface area contributed by atoms with Crippen molar-refractivity contribution in [2.75, 3.05) is 13.7 Å². The highest BCUT2D eigenvalue weighted by molar-refractivity contribution is 5.91. The third-order valence-corrected chi connectivity index (χ3v) is 7.54. The molecular weight excluding hydrogens is 568 g/mol. The lowest BCUT2D eigenvalue weighted by molar-refractivity contribution is 0.0734. The van der Waals surface area contributed by atoms with Gasteiger partial charge in [0, 0.05) is 11.6 Å². The van der Waals surface area contributed by atoms with Crippen LogP contribution in [0, 0.1) is 18.3 Å². The van der Waals surface area contributed by atoms with E-state index in [0.717, 1.165) is 30.4 Å². The average Bonchev–Trinajstić information content (AvgIpc) is 3.06. The minimum atomic E-state index is -0.534. The fourth-order valence-electron chi connectivity index (χ4n) is 5.07. The Labute approximate surface area is 263 Å². The van der Waals surface area contributed by atoms with Crippen molar-refractivity contribution >= 4 is 5.97 Å². The summed E-state index contributed by atoms with van der Waals surface area (Å²) in [5.74, 6) is 1.38. The van der Waals surface area contributed by atoms with Crippen LogP contribution in [0.15, 0.2) is 96.4 Å². The number of hydrogen-bond acceptors (Lipinski definition) is 8. The molecular formula is C37H36N2O6. The molecule has 0 fully saturated rings. The van der Waals surface area contributed by atoms with Gasteiger partial charge in [-0.25, -0.2) is 4.79 Å². The maximum atomic E-state index is 12.9. The number of benzene rings is 4. The molecule has 1 atom stereocenters. The van der Waals surface area contributed by atoms with E-state index in [1.165, 1.54) is 5.56 Å². The summed E-state index contributed by atoms with van der Waals surface area (Å²) >= 11 is 0. The van der Waals surface area contributed by atoms with Gasteiger partial charge in [-0.2, -0.15) is 5.26 Å². The Morgan fingerprint density at radius 2 is 1.67 bits per heavy atom. The fraction of sp³-hybridized carbons (Fsp3) is 0.243. The number of methoxy groups -OCH3 is 1. The molecule has 0 aromatic heterocycles. The van der Waals surface area contributed by atoms with Gasteiger partial charge in [-0.1, -0.05) is 61.7 Å². The Kier molecular flexibility index (Phi) is 9.90. The number of nitrogens with zero attached hydrogens (tertiary/aromatic N) is 1. The number of esters is 1. The summed E-state index contributed by atoms with van der Waals surface area (Å²) in [5, 5.41) is 10.0. The zero-order valence-electron chi connectivity index (χ0n) is 25.7. The van der Waals surface area contributed by atoms with Gasteiger partial charge in [0.25, 0.3) is 0 Å². The number of allylic oxidation sites excluding steroid dienone is 1. The topological polar surface area (TPSA) is 113 Å². The molecule has 1 heterocycles. The van der Waals surface area contributed by atoms with Crippen LogP contribution in [-0.2, 0) is 6.61 Å². The summed E-state index contributed by atoms with van der Waals surface area (Å²) in [6.45, 7) is 5.20. The maximum Gasteiger partial charge on any atom is 0.343 e. The SMILES string of the molecule is CCCCCOc1ccc(C(=O)Oc2ccc3c(c2)OC(N)=C(C#N)C3c2ccc(OCc3ccc(C)cc3)c(OC)c2)cc1. The lowest BCUT2D eigenvalue weighted by atomic mass is 9.83. The molecule has 8 nitrogen and oxygen atoms in total. The first-order valence-corrected chi connectivity index (χ1v) is 14.9. The van der Waals surface area contributed by atoms with Crippen LogP contribution in [-0.4, -0.2) is 19.7 Å². The monoisotopic (exact) mass is 604 g/mol. The first-order valence-electron chi connectivity index (χ1n) is 14.9. The molecule has 1 aliphatic heterocycles. The molecule has 4 aromatic rings. The van der Waals surface area contributed by atoms with Crippen LogP contribution in [0.3, 0.4) is 0 Å². The molecule has 0 bridgehead atoms. The van der Waals surface area contributed by atoms with E-state index in [1.807, 2.05) is 49.4 Å². The zero-order chi connectivity index (χ0) is 31.8. The first kappa shape index (κ1) is 31.0. The average molecular weight is 605 g/mol. The van der Waals surface area contributed by atoms with E-state index in [2.05, 4.69) is 13.0 Å². The van der Waals surface area contributed by atoms with Crippen LogP contribution in [0.5, 0.6) is 28.7 Å². The molecule has 0 saturated carbocycles. The second-order valence-corrected chi connectivity index (χ2v) is 10.8. The molecule has 1 unspecified atom stereocenters. The van der Waals surface area contributed by atoms with Crippen LogP contribution in [0.1, 0.15) is 64.7 Å². The van der Waals surface area contributed by atoms with Gasteiger partial charge in [0.2, 0.25) is 5.88 Å². The quantitative estimate of drug-likeness (QED) is 0.1000. The van der Waals surface area contributed by atoms with Gasteiger partial charge < -0.3 is 29.4 Å². The Morgan fingerprint density at radius 1 is 0.911 bits per heavy atom. The van der Waals surface area contributed by atoms with Crippen molar-refractivity contribution in [3.63, 3.8) is 0 Å². The first-order chi connectivity index (χ1) is 21.9. The lowest BCUT2D eigenvalue weighted by Crippen LogP contribution is -2.21. The van der Waals surface area contributed by atoms with Gasteiger partial charge >= 0.3 is 5.97 Å². The molecule has 8 heteroatoms. The number of nitriles is 1. The molecule has 0 amide bonds. The minimum Gasteiger partial charge on any atom is -0.494 e. The number of rotatable bonds is 12. The van der Waals surface area contributed by atoms with Gasteiger partial charge in [-0.15, -0.1) is 0 Å². The van der Waals surface area contributed by atoms with E-state index in [1.54, 1.807) is 49.6 Å². The van der Waals surface area contributed by atoms with Crippen molar-refractivity contribution in [3.8, 4) is 34.8 Å². The smallest absolute Gasteiger partial charge is 0.343 e. The molecule has 5 rings (SSSR count). The third kappa shape index (κ3) is 7.39. The van der Waals surface area contributed by atoms with E-state index < -0.39 is 11.9 Å². The highest BCUT2D eigenvalue weighted by atomic mass is 16.5. The molecule has 45 heavy (non-hydrogen) atoms. The number of carbonyl (C=O) groups excluding carboxylic acids is 1. The van der Waals surface area contributed by atoms with E-state index in [4.69, 9.17) is 29.4 Å². The number of unbranched alkanes of at least 4 members (excludes halogenated alkanes) is 2. The standard InChI is InChI=1S/C37H36N2O6/c1-4-5-6-19-42-28-14-11-26(12-15-28)37(40)44-29-16-17-30-33(21-29)45-36(39)31(22-38)35(30)27-13-18-32(34(20-27)41-3)43-23-25-9-7-24(2)8-10-25/h7-18,20-21,35H,4-6,19,23,39H2,1-3H3. The molecule has 0 aliphatic carbocycles. The summed E-state index contributed by atoms with van der Waals surface area (Å²) in [6.07, 6.45) is 3.22. The molecule has 0 spiro atoms. The third-order valence-electron chi connectivity index (χ3n) is 7.54. The predicted molar refractivity (Wildman–Crippen MR) is 171 cm³/mol. The van der Waals surface area contributed by atoms with E-state index in [0.29, 0.717) is 47.3 Å². The van der Waals surface area contributed by atoms with Crippen LogP contribution in [0.4, 0.5) is 0 Å². The summed E-state index contributed by atoms with van der Waals surface area (Å²) in [6, 6.07) is 27.7. The number of hydrogen-bond donors (Lipinski definition) is 1. The van der Waals surface area contributed by atoms with Crippen molar-refractivity contribution < 1.29 is 28.5 Å². The van der Waals surface area contributed by atoms with Gasteiger partial charge in [0.15, 0.2) is 11.5 Å². The summed E-state index contributed by atoms with van der Waals surface area (Å²) in [7, 11) is 1.57. The Morgan fingerprint density at radius 3 is 2.38 bits per heavy atom. The van der Waals surface area contributed by atoms with Crippen LogP contribution in [0.2, 0.25) is 0 Å². The lowest BCUT2D eigenvalue weighted by Gasteiger charge is -2.27. The number of aryl methyl sites for hydroxylation is 1. The van der Waals surface area contributed by atoms with Crippen molar-refractivity contribution in [2.24, 2.45) is 5.73 Å². The molecule has 0 saturated heterocycles. The van der Waals surface area contributed by atoms with E-state index in [9.17, 15) is 10.1 Å². The highest BCUT2D eigenvalue weighted by Gasteiger charge is 2.32. The van der Waals surface area contributed by atoms with Crippen LogP contribution >= 0.6 is 0 Å². The number of carbonyl (C=O) groups is 1. The van der Waals surface area contributed by atoms with E-state index in [-0.39, 0.29) is 17.2 Å². The highest BCUT2D eigenvalue weighted by Crippen LogP contribution is 2.45. The van der Waals surface area contributed by atoms with Crippen molar-refractivity contribution in [1.82, 2.24) is 0 Å². The number of ether oxygens (including phenoxy) is 5. The maximum absolute atomic E-state index is 12.9. The predicted octanol–water partition coefficient (Wildman–Crippen LogP) is 7.59. The largest absolute Gasteiger partial charge is 0.494 e. The van der Waals surface area contributed by atoms with Gasteiger partial charge in [0.1, 0.15) is 35.5 Å².